The van der Waals surface area contributed by atoms with Crippen molar-refractivity contribution >= 4 is 41.2 Å². The van der Waals surface area contributed by atoms with E-state index in [1.807, 2.05) is 44.4 Å². The van der Waals surface area contributed by atoms with Gasteiger partial charge in [0.15, 0.2) is 0 Å². The van der Waals surface area contributed by atoms with Crippen LogP contribution in [-0.4, -0.2) is 34.5 Å². The summed E-state index contributed by atoms with van der Waals surface area (Å²) in [4.78, 5) is 27.2. The molecule has 0 saturated carbocycles. The number of amides is 1. The Hall–Kier alpha value is -2.50. The van der Waals surface area contributed by atoms with E-state index in [-0.39, 0.29) is 11.9 Å². The van der Waals surface area contributed by atoms with Crippen LogP contribution in [0.15, 0.2) is 41.1 Å². The van der Waals surface area contributed by atoms with Gasteiger partial charge < -0.3 is 14.2 Å². The van der Waals surface area contributed by atoms with Crippen molar-refractivity contribution in [3.8, 4) is 5.69 Å². The molecule has 0 unspecified atom stereocenters. The van der Waals surface area contributed by atoms with E-state index in [0.717, 1.165) is 22.6 Å². The molecule has 0 radical (unpaired) electrons. The number of carbonyl (C=O) groups is 2. The minimum Gasteiger partial charge on any atom is -0.465 e. The second-order valence-corrected chi connectivity index (χ2v) is 8.38. The normalized spacial score (nSPS) is 15.7. The first-order valence-corrected chi connectivity index (χ1v) is 10.3. The van der Waals surface area contributed by atoms with Gasteiger partial charge in [-0.15, -0.1) is 0 Å². The largest absolute Gasteiger partial charge is 0.465 e. The van der Waals surface area contributed by atoms with Gasteiger partial charge in [0.05, 0.1) is 29.0 Å². The lowest BCUT2D eigenvalue weighted by Crippen LogP contribution is -2.31. The average molecular weight is 447 g/mol. The Morgan fingerprint density at radius 1 is 1.13 bits per heavy atom. The maximum absolute atomic E-state index is 13.1. The molecule has 7 heteroatoms. The Morgan fingerprint density at radius 2 is 1.80 bits per heavy atom. The predicted octanol–water partition coefficient (Wildman–Crippen LogP) is 5.48. The number of halogens is 2. The Balaban J connectivity index is 2.17. The minimum absolute atomic E-state index is 0.0802. The number of hydrogen-bond donors (Lipinski definition) is 0. The van der Waals surface area contributed by atoms with Gasteiger partial charge in [0.2, 0.25) is 0 Å². The van der Waals surface area contributed by atoms with Crippen molar-refractivity contribution in [2.24, 2.45) is 0 Å². The summed E-state index contributed by atoms with van der Waals surface area (Å²) < 4.78 is 6.95. The molecule has 1 aromatic carbocycles. The number of methoxy groups -OCH3 is 1. The van der Waals surface area contributed by atoms with Crippen molar-refractivity contribution in [2.45, 2.75) is 40.7 Å². The lowest BCUT2D eigenvalue weighted by molar-refractivity contribution is -0.136. The maximum Gasteiger partial charge on any atom is 0.340 e. The second-order valence-electron chi connectivity index (χ2n) is 7.54. The minimum atomic E-state index is -0.523. The molecule has 1 amide bonds. The summed E-state index contributed by atoms with van der Waals surface area (Å²) in [6.45, 7) is 9.49. The van der Waals surface area contributed by atoms with Crippen molar-refractivity contribution < 1.29 is 14.3 Å². The molecule has 158 valence electrons. The highest BCUT2D eigenvalue weighted by Crippen LogP contribution is 2.35. The van der Waals surface area contributed by atoms with Gasteiger partial charge in [-0.3, -0.25) is 4.79 Å². The van der Waals surface area contributed by atoms with Crippen molar-refractivity contribution in [1.29, 1.82) is 0 Å². The van der Waals surface area contributed by atoms with Crippen LogP contribution in [-0.2, 0) is 14.3 Å². The monoisotopic (exact) mass is 446 g/mol. The van der Waals surface area contributed by atoms with Crippen LogP contribution in [0.2, 0.25) is 10.0 Å². The molecule has 0 bridgehead atoms. The van der Waals surface area contributed by atoms with E-state index in [2.05, 4.69) is 0 Å². The van der Waals surface area contributed by atoms with Crippen LogP contribution in [0.4, 0.5) is 0 Å². The quantitative estimate of drug-likeness (QED) is 0.461. The summed E-state index contributed by atoms with van der Waals surface area (Å²) in [5.74, 6) is -0.734. The van der Waals surface area contributed by atoms with Gasteiger partial charge >= 0.3 is 5.97 Å². The highest BCUT2D eigenvalue weighted by atomic mass is 35.5. The lowest BCUT2D eigenvalue weighted by Gasteiger charge is -2.22. The Bertz CT molecular complexity index is 1110. The number of esters is 1. The summed E-state index contributed by atoms with van der Waals surface area (Å²) in [5.41, 5.74) is 4.67. The zero-order chi connectivity index (χ0) is 22.3. The van der Waals surface area contributed by atoms with E-state index >= 15 is 0 Å². The van der Waals surface area contributed by atoms with Gasteiger partial charge in [-0.05, 0) is 70.5 Å². The van der Waals surface area contributed by atoms with Gasteiger partial charge in [-0.2, -0.15) is 0 Å². The molecule has 2 aromatic rings. The van der Waals surface area contributed by atoms with E-state index in [0.29, 0.717) is 26.9 Å². The summed E-state index contributed by atoms with van der Waals surface area (Å²) in [6, 6.07) is 7.21. The first-order chi connectivity index (χ1) is 14.1. The smallest absolute Gasteiger partial charge is 0.340 e. The first kappa shape index (κ1) is 22.2. The molecule has 1 aliphatic heterocycles. The van der Waals surface area contributed by atoms with Crippen molar-refractivity contribution in [1.82, 2.24) is 9.47 Å². The molecule has 30 heavy (non-hydrogen) atoms. The van der Waals surface area contributed by atoms with Crippen LogP contribution < -0.4 is 0 Å². The maximum atomic E-state index is 13.1. The fourth-order valence-electron chi connectivity index (χ4n) is 3.94. The fraction of sp³-hybridized carbons (Fsp3) is 0.304. The van der Waals surface area contributed by atoms with E-state index < -0.39 is 5.97 Å². The predicted molar refractivity (Wildman–Crippen MR) is 120 cm³/mol. The number of benzene rings is 1. The number of carbonyl (C=O) groups excluding carboxylic acids is 2. The first-order valence-electron chi connectivity index (χ1n) is 9.57. The average Bonchev–Trinajstić information content (AvgIpc) is 3.08. The third-order valence-electron chi connectivity index (χ3n) is 5.27. The fourth-order valence-corrected chi connectivity index (χ4v) is 4.44. The number of allylic oxidation sites excluding steroid dienone is 1. The number of aromatic nitrogens is 1. The highest BCUT2D eigenvalue weighted by Gasteiger charge is 2.38. The van der Waals surface area contributed by atoms with Gasteiger partial charge in [-0.25, -0.2) is 4.79 Å². The van der Waals surface area contributed by atoms with Crippen LogP contribution in [0, 0.1) is 13.8 Å². The van der Waals surface area contributed by atoms with Gasteiger partial charge in [-0.1, -0.05) is 23.2 Å². The van der Waals surface area contributed by atoms with E-state index in [1.54, 1.807) is 30.0 Å². The number of ether oxygens (including phenoxy) is 1. The van der Waals surface area contributed by atoms with Gasteiger partial charge in [0.25, 0.3) is 5.91 Å². The molecule has 3 rings (SSSR count). The van der Waals surface area contributed by atoms with Crippen molar-refractivity contribution in [3.05, 3.63) is 68.1 Å². The van der Waals surface area contributed by atoms with Crippen molar-refractivity contribution in [2.75, 3.05) is 7.11 Å². The Labute approximate surface area is 186 Å². The van der Waals surface area contributed by atoms with E-state index in [4.69, 9.17) is 27.9 Å². The molecule has 0 spiro atoms. The van der Waals surface area contributed by atoms with Crippen LogP contribution >= 0.6 is 23.2 Å². The molecule has 1 aromatic heterocycles. The molecule has 0 fully saturated rings. The molecule has 0 aliphatic carbocycles. The number of hydrogen-bond acceptors (Lipinski definition) is 3. The zero-order valence-electron chi connectivity index (χ0n) is 17.8. The van der Waals surface area contributed by atoms with Crippen LogP contribution in [0.3, 0.4) is 0 Å². The number of nitrogens with zero attached hydrogens (tertiary/aromatic N) is 2. The molecule has 1 aliphatic rings. The summed E-state index contributed by atoms with van der Waals surface area (Å²) in [5, 5.41) is 1.08. The summed E-state index contributed by atoms with van der Waals surface area (Å²) in [7, 11) is 1.32. The standard InChI is InChI=1S/C23H24Cl2N2O3/c1-12(2)26-15(5)21(23(29)30-6)18(22(26)28)10-16-9-13(3)27(14(16)4)20-8-7-17(24)11-19(20)25/h7-12H,1-6H3/b18-10-. The SMILES string of the molecule is COC(=O)C1=C(C)N(C(C)C)C(=O)/C1=C\c1cc(C)n(-c2ccc(Cl)cc2Cl)c1C. The van der Waals surface area contributed by atoms with E-state index in [9.17, 15) is 9.59 Å². The molecule has 0 saturated heterocycles. The van der Waals surface area contributed by atoms with Gasteiger partial charge in [0.1, 0.15) is 0 Å². The lowest BCUT2D eigenvalue weighted by atomic mass is 10.0. The topological polar surface area (TPSA) is 51.5 Å². The second kappa shape index (κ2) is 8.32. The highest BCUT2D eigenvalue weighted by molar-refractivity contribution is 6.35. The molecular formula is C23H24Cl2N2O3. The van der Waals surface area contributed by atoms with Crippen LogP contribution in [0.25, 0.3) is 11.8 Å². The molecule has 0 atom stereocenters. The Morgan fingerprint density at radius 3 is 2.37 bits per heavy atom. The third-order valence-corrected chi connectivity index (χ3v) is 5.81. The summed E-state index contributed by atoms with van der Waals surface area (Å²) in [6.07, 6.45) is 1.75. The molecule has 2 heterocycles. The van der Waals surface area contributed by atoms with Crippen molar-refractivity contribution in [3.63, 3.8) is 0 Å². The number of rotatable bonds is 4. The van der Waals surface area contributed by atoms with Gasteiger partial charge in [0, 0.05) is 28.1 Å². The number of aryl methyl sites for hydroxylation is 1. The van der Waals surface area contributed by atoms with Crippen LogP contribution in [0.1, 0.15) is 37.7 Å². The third kappa shape index (κ3) is 3.68. The molecule has 0 N–H and O–H groups in total. The zero-order valence-corrected chi connectivity index (χ0v) is 19.4. The van der Waals surface area contributed by atoms with Crippen LogP contribution in [0.5, 0.6) is 0 Å². The molecular weight excluding hydrogens is 423 g/mol. The Kier molecular flexibility index (Phi) is 6.16. The summed E-state index contributed by atoms with van der Waals surface area (Å²) >= 11 is 12.5. The molecule has 5 nitrogen and oxygen atoms in total. The van der Waals surface area contributed by atoms with E-state index in [1.165, 1.54) is 7.11 Å².